The van der Waals surface area contributed by atoms with E-state index in [1.54, 1.807) is 0 Å². The van der Waals surface area contributed by atoms with Gasteiger partial charge in [-0.15, -0.1) is 10.2 Å². The zero-order chi connectivity index (χ0) is 19.5. The van der Waals surface area contributed by atoms with Crippen LogP contribution in [0.15, 0.2) is 48.2 Å². The lowest BCUT2D eigenvalue weighted by Crippen LogP contribution is -2.21. The molecule has 0 unspecified atom stereocenters. The van der Waals surface area contributed by atoms with Crippen LogP contribution in [0.25, 0.3) is 16.3 Å². The van der Waals surface area contributed by atoms with E-state index in [1.165, 1.54) is 5.39 Å². The number of aromatic nitrogens is 3. The maximum absolute atomic E-state index is 10.7. The summed E-state index contributed by atoms with van der Waals surface area (Å²) in [6.45, 7) is 1.01. The molecule has 0 radical (unpaired) electrons. The molecule has 0 fully saturated rings. The van der Waals surface area contributed by atoms with Crippen LogP contribution in [0.1, 0.15) is 30.9 Å². The maximum atomic E-state index is 10.7. The van der Waals surface area contributed by atoms with Gasteiger partial charge in [0, 0.05) is 25.7 Å². The number of hydrogen-bond donors (Lipinski definition) is 1. The van der Waals surface area contributed by atoms with Gasteiger partial charge in [-0.2, -0.15) is 5.26 Å². The van der Waals surface area contributed by atoms with E-state index >= 15 is 0 Å². The molecular weight excluding hydrogens is 350 g/mol. The van der Waals surface area contributed by atoms with Gasteiger partial charge < -0.3 is 14.6 Å². The van der Waals surface area contributed by atoms with E-state index in [9.17, 15) is 10.4 Å². The number of aliphatic hydroxyl groups is 1. The lowest BCUT2D eigenvalue weighted by Gasteiger charge is -2.20. The van der Waals surface area contributed by atoms with Gasteiger partial charge in [0.25, 0.3) is 0 Å². The Bertz CT molecular complexity index is 1080. The van der Waals surface area contributed by atoms with Gasteiger partial charge in [0.1, 0.15) is 23.2 Å². The van der Waals surface area contributed by atoms with Crippen LogP contribution in [0.2, 0.25) is 0 Å². The average Bonchev–Trinajstić information content (AvgIpc) is 2.95. The SMILES string of the molecule is CN(C/C(O)=C(\C#N)c1nnc2n1CCCCC2)c1ccc2ccccc2c1. The van der Waals surface area contributed by atoms with E-state index in [2.05, 4.69) is 40.5 Å². The first-order valence-corrected chi connectivity index (χ1v) is 9.62. The molecule has 0 amide bonds. The number of rotatable bonds is 4. The quantitative estimate of drug-likeness (QED) is 0.550. The predicted molar refractivity (Wildman–Crippen MR) is 110 cm³/mol. The van der Waals surface area contributed by atoms with Crippen LogP contribution in [0.5, 0.6) is 0 Å². The van der Waals surface area contributed by atoms with Gasteiger partial charge in [0.15, 0.2) is 5.82 Å². The summed E-state index contributed by atoms with van der Waals surface area (Å²) in [6, 6.07) is 16.5. The van der Waals surface area contributed by atoms with E-state index in [1.807, 2.05) is 34.7 Å². The number of likely N-dealkylation sites (N-methyl/N-ethyl adjacent to an activating group) is 1. The number of aliphatic hydroxyl groups excluding tert-OH is 1. The summed E-state index contributed by atoms with van der Waals surface area (Å²) in [7, 11) is 1.90. The standard InChI is InChI=1S/C22H23N5O/c1-26(18-11-10-16-7-4-5-8-17(16)13-18)15-20(28)19(14-23)22-25-24-21-9-3-2-6-12-27(21)22/h4-5,7-8,10-11,13,28H,2-3,6,9,12,15H2,1H3/b20-19-. The largest absolute Gasteiger partial charge is 0.509 e. The second kappa shape index (κ2) is 7.73. The van der Waals surface area contributed by atoms with Crippen LogP contribution < -0.4 is 4.90 Å². The lowest BCUT2D eigenvalue weighted by atomic mass is 10.1. The highest BCUT2D eigenvalue weighted by molar-refractivity contribution is 5.86. The molecule has 0 saturated carbocycles. The Morgan fingerprint density at radius 3 is 2.79 bits per heavy atom. The molecule has 1 aliphatic heterocycles. The number of nitrogens with zero attached hydrogens (tertiary/aromatic N) is 5. The summed E-state index contributed by atoms with van der Waals surface area (Å²) in [5.74, 6) is 1.39. The normalized spacial score (nSPS) is 14.7. The van der Waals surface area contributed by atoms with Crippen molar-refractivity contribution in [3.8, 4) is 6.07 Å². The number of hydrogen-bond acceptors (Lipinski definition) is 5. The molecule has 2 aromatic carbocycles. The predicted octanol–water partition coefficient (Wildman–Crippen LogP) is 4.09. The Balaban J connectivity index is 1.62. The Hall–Kier alpha value is -3.33. The molecule has 3 aromatic rings. The van der Waals surface area contributed by atoms with Crippen molar-refractivity contribution in [1.82, 2.24) is 14.8 Å². The first-order valence-electron chi connectivity index (χ1n) is 9.62. The van der Waals surface area contributed by atoms with E-state index in [0.717, 1.165) is 49.1 Å². The maximum Gasteiger partial charge on any atom is 0.178 e. The van der Waals surface area contributed by atoms with Gasteiger partial charge in [0.2, 0.25) is 0 Å². The zero-order valence-corrected chi connectivity index (χ0v) is 16.0. The minimum absolute atomic E-state index is 0.0117. The molecule has 0 spiro atoms. The molecule has 0 saturated heterocycles. The first-order chi connectivity index (χ1) is 13.7. The summed E-state index contributed by atoms with van der Waals surface area (Å²) in [5, 5.41) is 31.2. The third-order valence-electron chi connectivity index (χ3n) is 5.29. The second-order valence-electron chi connectivity index (χ2n) is 7.22. The summed E-state index contributed by atoms with van der Waals surface area (Å²) < 4.78 is 1.98. The van der Waals surface area contributed by atoms with Crippen molar-refractivity contribution in [2.75, 3.05) is 18.5 Å². The van der Waals surface area contributed by atoms with Crippen molar-refractivity contribution in [3.05, 3.63) is 59.9 Å². The number of nitriles is 1. The first kappa shape index (κ1) is 18.1. The van der Waals surface area contributed by atoms with Crippen LogP contribution in [0.3, 0.4) is 0 Å². The van der Waals surface area contributed by atoms with Crippen molar-refractivity contribution in [3.63, 3.8) is 0 Å². The van der Waals surface area contributed by atoms with E-state index in [-0.39, 0.29) is 17.9 Å². The summed E-state index contributed by atoms with van der Waals surface area (Å²) >= 11 is 0. The third kappa shape index (κ3) is 3.44. The van der Waals surface area contributed by atoms with Gasteiger partial charge in [0.05, 0.1) is 6.54 Å². The van der Waals surface area contributed by atoms with Crippen LogP contribution in [-0.2, 0) is 13.0 Å². The van der Waals surface area contributed by atoms with Crippen LogP contribution in [0, 0.1) is 11.3 Å². The zero-order valence-electron chi connectivity index (χ0n) is 16.0. The molecule has 6 nitrogen and oxygen atoms in total. The average molecular weight is 373 g/mol. The minimum Gasteiger partial charge on any atom is -0.509 e. The topological polar surface area (TPSA) is 78.0 Å². The highest BCUT2D eigenvalue weighted by atomic mass is 16.3. The van der Waals surface area contributed by atoms with Crippen molar-refractivity contribution < 1.29 is 5.11 Å². The molecule has 1 N–H and O–H groups in total. The monoisotopic (exact) mass is 373 g/mol. The molecular formula is C22H23N5O. The van der Waals surface area contributed by atoms with Crippen LogP contribution in [-0.4, -0.2) is 33.5 Å². The Kier molecular flexibility index (Phi) is 4.98. The van der Waals surface area contributed by atoms with Gasteiger partial charge >= 0.3 is 0 Å². The van der Waals surface area contributed by atoms with Gasteiger partial charge in [-0.3, -0.25) is 0 Å². The fourth-order valence-electron chi connectivity index (χ4n) is 3.72. The van der Waals surface area contributed by atoms with Gasteiger partial charge in [-0.1, -0.05) is 36.8 Å². The molecule has 0 aliphatic carbocycles. The molecule has 2 heterocycles. The van der Waals surface area contributed by atoms with Crippen molar-refractivity contribution in [2.45, 2.75) is 32.2 Å². The number of fused-ring (bicyclic) bond motifs is 2. The lowest BCUT2D eigenvalue weighted by molar-refractivity contribution is 0.404. The van der Waals surface area contributed by atoms with E-state index < -0.39 is 0 Å². The van der Waals surface area contributed by atoms with E-state index in [4.69, 9.17) is 0 Å². The molecule has 28 heavy (non-hydrogen) atoms. The molecule has 6 heteroatoms. The smallest absolute Gasteiger partial charge is 0.178 e. The molecule has 142 valence electrons. The molecule has 1 aliphatic rings. The summed E-state index contributed by atoms with van der Waals surface area (Å²) in [5.41, 5.74) is 1.18. The summed E-state index contributed by atoms with van der Waals surface area (Å²) in [4.78, 5) is 1.93. The minimum atomic E-state index is 0.0117. The van der Waals surface area contributed by atoms with Gasteiger partial charge in [-0.05, 0) is 35.7 Å². The Labute approximate surface area is 164 Å². The molecule has 0 atom stereocenters. The van der Waals surface area contributed by atoms with Crippen LogP contribution in [0.4, 0.5) is 5.69 Å². The van der Waals surface area contributed by atoms with Crippen LogP contribution >= 0.6 is 0 Å². The number of benzene rings is 2. The number of anilines is 1. The molecule has 0 bridgehead atoms. The van der Waals surface area contributed by atoms with Crippen molar-refractivity contribution >= 4 is 22.0 Å². The van der Waals surface area contributed by atoms with Crippen molar-refractivity contribution in [1.29, 1.82) is 5.26 Å². The highest BCUT2D eigenvalue weighted by Gasteiger charge is 2.21. The Morgan fingerprint density at radius 2 is 1.96 bits per heavy atom. The Morgan fingerprint density at radius 1 is 1.14 bits per heavy atom. The second-order valence-corrected chi connectivity index (χ2v) is 7.22. The highest BCUT2D eigenvalue weighted by Crippen LogP contribution is 2.24. The fraction of sp³-hybridized carbons (Fsp3) is 0.318. The number of aryl methyl sites for hydroxylation is 1. The fourth-order valence-corrected chi connectivity index (χ4v) is 3.72. The molecule has 4 rings (SSSR count). The molecule has 1 aromatic heterocycles. The number of allylic oxidation sites excluding steroid dienone is 1. The van der Waals surface area contributed by atoms with Crippen molar-refractivity contribution in [2.24, 2.45) is 0 Å². The van der Waals surface area contributed by atoms with Gasteiger partial charge in [-0.25, -0.2) is 0 Å². The van der Waals surface area contributed by atoms with E-state index in [0.29, 0.717) is 5.82 Å². The summed E-state index contributed by atoms with van der Waals surface area (Å²) in [6.07, 6.45) is 4.13. The third-order valence-corrected chi connectivity index (χ3v) is 5.29.